The number of amides is 2. The van der Waals surface area contributed by atoms with Gasteiger partial charge >= 0.3 is 12.0 Å². The first-order valence-corrected chi connectivity index (χ1v) is 8.54. The van der Waals surface area contributed by atoms with Crippen LogP contribution in [0, 0.1) is 5.92 Å². The summed E-state index contributed by atoms with van der Waals surface area (Å²) < 4.78 is 16.1. The molecule has 7 heteroatoms. The number of carbonyl (C=O) groups is 2. The molecule has 0 spiro atoms. The van der Waals surface area contributed by atoms with Gasteiger partial charge in [0.15, 0.2) is 11.5 Å². The van der Waals surface area contributed by atoms with Crippen molar-refractivity contribution in [1.29, 1.82) is 0 Å². The van der Waals surface area contributed by atoms with Crippen molar-refractivity contribution in [1.82, 2.24) is 10.6 Å². The number of benzene rings is 1. The van der Waals surface area contributed by atoms with Gasteiger partial charge in [0.05, 0.1) is 32.4 Å². The minimum absolute atomic E-state index is 0.350. The van der Waals surface area contributed by atoms with Gasteiger partial charge in [0.2, 0.25) is 0 Å². The predicted molar refractivity (Wildman–Crippen MR) is 97.1 cm³/mol. The van der Waals surface area contributed by atoms with Crippen LogP contribution in [0.3, 0.4) is 0 Å². The number of hydrogen-bond acceptors (Lipinski definition) is 5. The van der Waals surface area contributed by atoms with Gasteiger partial charge in [-0.1, -0.05) is 19.9 Å². The third kappa shape index (κ3) is 4.47. The lowest BCUT2D eigenvalue weighted by atomic mass is 9.95. The molecule has 2 amide bonds. The molecule has 1 heterocycles. The first-order chi connectivity index (χ1) is 12.4. The fourth-order valence-electron chi connectivity index (χ4n) is 2.71. The van der Waals surface area contributed by atoms with E-state index in [1.54, 1.807) is 32.2 Å². The fraction of sp³-hybridized carbons (Fsp3) is 0.474. The molecule has 2 rings (SSSR count). The smallest absolute Gasteiger partial charge is 0.337 e. The van der Waals surface area contributed by atoms with Gasteiger partial charge in [0.1, 0.15) is 0 Å². The van der Waals surface area contributed by atoms with E-state index < -0.39 is 12.0 Å². The maximum atomic E-state index is 12.2. The molecule has 0 unspecified atom stereocenters. The second-order valence-corrected chi connectivity index (χ2v) is 6.50. The van der Waals surface area contributed by atoms with Gasteiger partial charge in [-0.25, -0.2) is 9.59 Å². The second kappa shape index (κ2) is 8.60. The highest BCUT2D eigenvalue weighted by Crippen LogP contribution is 2.34. The van der Waals surface area contributed by atoms with E-state index >= 15 is 0 Å². The summed E-state index contributed by atoms with van der Waals surface area (Å²) in [4.78, 5) is 24.0. The van der Waals surface area contributed by atoms with E-state index in [4.69, 9.17) is 14.2 Å². The Hall–Kier alpha value is -2.70. The molecule has 142 valence electrons. The SMILES string of the molecule is COC(=O)C1=C(C)NC(=O)N[C@@H]1c1ccc(OCCC(C)C)c(OC)c1. The molecule has 0 saturated carbocycles. The van der Waals surface area contributed by atoms with Crippen molar-refractivity contribution < 1.29 is 23.8 Å². The summed E-state index contributed by atoms with van der Waals surface area (Å²) in [5.74, 6) is 1.20. The standard InChI is InChI=1S/C19H26N2O5/c1-11(2)8-9-26-14-7-6-13(10-15(14)24-4)17-16(18(22)25-5)12(3)20-19(23)21-17/h6-7,10-11,17H,8-9H2,1-5H3,(H2,20,21,23)/t17-/m1/s1. The van der Waals surface area contributed by atoms with Crippen LogP contribution in [0.1, 0.15) is 38.8 Å². The number of ether oxygens (including phenoxy) is 3. The molecular formula is C19H26N2O5. The monoisotopic (exact) mass is 362 g/mol. The third-order valence-electron chi connectivity index (χ3n) is 4.15. The molecule has 1 aliphatic rings. The minimum atomic E-state index is -0.630. The summed E-state index contributed by atoms with van der Waals surface area (Å²) >= 11 is 0. The molecule has 2 N–H and O–H groups in total. The maximum absolute atomic E-state index is 12.2. The van der Waals surface area contributed by atoms with E-state index in [0.29, 0.717) is 40.9 Å². The van der Waals surface area contributed by atoms with Gasteiger partial charge in [-0.15, -0.1) is 0 Å². The Balaban J connectivity index is 2.33. The Morgan fingerprint density at radius 2 is 1.96 bits per heavy atom. The highest BCUT2D eigenvalue weighted by Gasteiger charge is 2.32. The molecule has 0 radical (unpaired) electrons. The summed E-state index contributed by atoms with van der Waals surface area (Å²) in [6.45, 7) is 6.52. The van der Waals surface area contributed by atoms with E-state index in [0.717, 1.165) is 6.42 Å². The number of hydrogen-bond donors (Lipinski definition) is 2. The van der Waals surface area contributed by atoms with Gasteiger partial charge in [0.25, 0.3) is 0 Å². The number of carbonyl (C=O) groups excluding carboxylic acids is 2. The van der Waals surface area contributed by atoms with Gasteiger partial charge in [0, 0.05) is 5.70 Å². The second-order valence-electron chi connectivity index (χ2n) is 6.50. The van der Waals surface area contributed by atoms with Crippen LogP contribution in [0.2, 0.25) is 0 Å². The summed E-state index contributed by atoms with van der Waals surface area (Å²) in [5.41, 5.74) is 1.51. The van der Waals surface area contributed by atoms with Crippen molar-refractivity contribution in [2.24, 2.45) is 5.92 Å². The highest BCUT2D eigenvalue weighted by molar-refractivity contribution is 5.94. The Morgan fingerprint density at radius 1 is 1.23 bits per heavy atom. The molecule has 0 aliphatic carbocycles. The van der Waals surface area contributed by atoms with Crippen LogP contribution in [0.4, 0.5) is 4.79 Å². The lowest BCUT2D eigenvalue weighted by molar-refractivity contribution is -0.136. The summed E-state index contributed by atoms with van der Waals surface area (Å²) in [6, 6.07) is 4.34. The molecular weight excluding hydrogens is 336 g/mol. The molecule has 1 aromatic carbocycles. The zero-order valence-corrected chi connectivity index (χ0v) is 15.8. The lowest BCUT2D eigenvalue weighted by Gasteiger charge is -2.28. The van der Waals surface area contributed by atoms with E-state index in [9.17, 15) is 9.59 Å². The van der Waals surface area contributed by atoms with Crippen LogP contribution in [-0.2, 0) is 9.53 Å². The fourth-order valence-corrected chi connectivity index (χ4v) is 2.71. The van der Waals surface area contributed by atoms with Crippen LogP contribution in [0.25, 0.3) is 0 Å². The van der Waals surface area contributed by atoms with Crippen molar-refractivity contribution in [3.63, 3.8) is 0 Å². The normalized spacial score (nSPS) is 16.8. The van der Waals surface area contributed by atoms with Crippen LogP contribution in [0.15, 0.2) is 29.5 Å². The molecule has 26 heavy (non-hydrogen) atoms. The summed E-state index contributed by atoms with van der Waals surface area (Å²) in [6.07, 6.45) is 0.934. The molecule has 0 bridgehead atoms. The van der Waals surface area contributed by atoms with E-state index in [1.807, 2.05) is 0 Å². The van der Waals surface area contributed by atoms with Crippen LogP contribution >= 0.6 is 0 Å². The first kappa shape index (κ1) is 19.6. The molecule has 0 aromatic heterocycles. The number of allylic oxidation sites excluding steroid dienone is 1. The summed E-state index contributed by atoms with van der Waals surface area (Å²) in [7, 11) is 2.86. The molecule has 1 aromatic rings. The van der Waals surface area contributed by atoms with Gasteiger partial charge < -0.3 is 24.8 Å². The van der Waals surface area contributed by atoms with Crippen molar-refractivity contribution in [3.8, 4) is 11.5 Å². The average molecular weight is 362 g/mol. The van der Waals surface area contributed by atoms with Crippen LogP contribution in [0.5, 0.6) is 11.5 Å². The van der Waals surface area contributed by atoms with E-state index in [2.05, 4.69) is 24.5 Å². The first-order valence-electron chi connectivity index (χ1n) is 8.54. The number of esters is 1. The number of rotatable bonds is 7. The molecule has 0 fully saturated rings. The van der Waals surface area contributed by atoms with Crippen molar-refractivity contribution in [2.45, 2.75) is 33.2 Å². The Kier molecular flexibility index (Phi) is 6.49. The zero-order chi connectivity index (χ0) is 19.3. The van der Waals surface area contributed by atoms with Gasteiger partial charge in [-0.3, -0.25) is 0 Å². The van der Waals surface area contributed by atoms with Crippen molar-refractivity contribution >= 4 is 12.0 Å². The average Bonchev–Trinajstić information content (AvgIpc) is 2.60. The number of nitrogens with one attached hydrogen (secondary N) is 2. The Labute approximate surface area is 153 Å². The van der Waals surface area contributed by atoms with E-state index in [1.165, 1.54) is 7.11 Å². The Morgan fingerprint density at radius 3 is 2.58 bits per heavy atom. The van der Waals surface area contributed by atoms with E-state index in [-0.39, 0.29) is 6.03 Å². The van der Waals surface area contributed by atoms with Crippen LogP contribution in [-0.4, -0.2) is 32.8 Å². The lowest BCUT2D eigenvalue weighted by Crippen LogP contribution is -2.45. The largest absolute Gasteiger partial charge is 0.493 e. The zero-order valence-electron chi connectivity index (χ0n) is 15.8. The van der Waals surface area contributed by atoms with Gasteiger partial charge in [-0.05, 0) is 37.0 Å². The minimum Gasteiger partial charge on any atom is -0.493 e. The van der Waals surface area contributed by atoms with Crippen molar-refractivity contribution in [3.05, 3.63) is 35.0 Å². The quantitative estimate of drug-likeness (QED) is 0.729. The van der Waals surface area contributed by atoms with Gasteiger partial charge in [-0.2, -0.15) is 0 Å². The molecule has 7 nitrogen and oxygen atoms in total. The number of methoxy groups -OCH3 is 2. The predicted octanol–water partition coefficient (Wildman–Crippen LogP) is 2.92. The van der Waals surface area contributed by atoms with Crippen LogP contribution < -0.4 is 20.1 Å². The molecule has 1 aliphatic heterocycles. The molecule has 0 saturated heterocycles. The van der Waals surface area contributed by atoms with Crippen molar-refractivity contribution in [2.75, 3.05) is 20.8 Å². The number of urea groups is 1. The summed E-state index contributed by atoms with van der Waals surface area (Å²) in [5, 5.41) is 5.35. The Bertz CT molecular complexity index is 712. The third-order valence-corrected chi connectivity index (χ3v) is 4.15. The topological polar surface area (TPSA) is 85.9 Å². The highest BCUT2D eigenvalue weighted by atomic mass is 16.5. The molecule has 1 atom stereocenters. The maximum Gasteiger partial charge on any atom is 0.337 e.